The molecule has 10 nitrogen and oxygen atoms in total. The Balaban J connectivity index is 1.48. The summed E-state index contributed by atoms with van der Waals surface area (Å²) in [5.74, 6) is 0.132. The number of nitrogens with one attached hydrogen (secondary N) is 1. The summed E-state index contributed by atoms with van der Waals surface area (Å²) in [5, 5.41) is 10.9. The summed E-state index contributed by atoms with van der Waals surface area (Å²) in [6.45, 7) is 1.87. The molecule has 0 bridgehead atoms. The topological polar surface area (TPSA) is 121 Å². The second-order valence-corrected chi connectivity index (χ2v) is 7.15. The number of benzene rings is 2. The average Bonchev–Trinajstić information content (AvgIpc) is 3.45. The molecule has 0 atom stereocenters. The zero-order valence-corrected chi connectivity index (χ0v) is 18.4. The first-order chi connectivity index (χ1) is 15.9. The molecule has 4 rings (SSSR count). The van der Waals surface area contributed by atoms with E-state index in [4.69, 9.17) is 25.6 Å². The maximum atomic E-state index is 12.5. The Morgan fingerprint density at radius 1 is 1.18 bits per heavy atom. The van der Waals surface area contributed by atoms with Gasteiger partial charge in [-0.15, -0.1) is 0 Å². The van der Waals surface area contributed by atoms with E-state index in [9.17, 15) is 9.59 Å². The highest BCUT2D eigenvalue weighted by Gasteiger charge is 2.18. The molecule has 168 valence electrons. The summed E-state index contributed by atoms with van der Waals surface area (Å²) in [5.41, 5.74) is 0.916. The summed E-state index contributed by atoms with van der Waals surface area (Å²) in [4.78, 5) is 28.2. The molecule has 1 amide bonds. The van der Waals surface area contributed by atoms with Crippen LogP contribution in [0.2, 0.25) is 5.02 Å². The fourth-order valence-corrected chi connectivity index (χ4v) is 3.06. The number of anilines is 1. The van der Waals surface area contributed by atoms with Crippen LogP contribution in [0.15, 0.2) is 59.3 Å². The number of halogens is 1. The summed E-state index contributed by atoms with van der Waals surface area (Å²) in [6.07, 6.45) is 1.73. The summed E-state index contributed by atoms with van der Waals surface area (Å²) in [7, 11) is 1.76. The highest BCUT2D eigenvalue weighted by atomic mass is 35.5. The normalized spacial score (nSPS) is 10.6. The van der Waals surface area contributed by atoms with Crippen LogP contribution in [-0.4, -0.2) is 38.4 Å². The molecule has 0 spiro atoms. The van der Waals surface area contributed by atoms with Crippen LogP contribution < -0.4 is 10.1 Å². The van der Waals surface area contributed by atoms with Gasteiger partial charge in [-0.2, -0.15) is 10.1 Å². The predicted molar refractivity (Wildman–Crippen MR) is 118 cm³/mol. The number of rotatable bonds is 7. The Hall–Kier alpha value is -4.18. The SMILES string of the molecule is CCOC(=O)c1nc(-c2ccc(Oc3cccc(C(=O)Nc4ccn(C)n4)c3)c(Cl)c2)no1. The monoisotopic (exact) mass is 467 g/mol. The minimum atomic E-state index is -0.700. The molecule has 1 N–H and O–H groups in total. The molecule has 0 saturated heterocycles. The molecule has 0 radical (unpaired) electrons. The number of carbonyl (C=O) groups excluding carboxylic acids is 2. The van der Waals surface area contributed by atoms with Crippen molar-refractivity contribution in [2.75, 3.05) is 11.9 Å². The van der Waals surface area contributed by atoms with Crippen LogP contribution in [0, 0.1) is 0 Å². The van der Waals surface area contributed by atoms with Gasteiger partial charge in [0.15, 0.2) is 5.82 Å². The first kappa shape index (κ1) is 22.0. The predicted octanol–water partition coefficient (Wildman–Crippen LogP) is 4.34. The van der Waals surface area contributed by atoms with Crippen molar-refractivity contribution < 1.29 is 23.6 Å². The second-order valence-electron chi connectivity index (χ2n) is 6.75. The maximum absolute atomic E-state index is 12.5. The number of nitrogens with zero attached hydrogens (tertiary/aromatic N) is 4. The van der Waals surface area contributed by atoms with Gasteiger partial charge in [0.2, 0.25) is 5.82 Å². The number of aromatic nitrogens is 4. The molecule has 0 aliphatic carbocycles. The Kier molecular flexibility index (Phi) is 6.36. The Labute approximate surface area is 193 Å². The molecule has 2 heterocycles. The number of hydrogen-bond donors (Lipinski definition) is 1. The van der Waals surface area contributed by atoms with Gasteiger partial charge in [-0.05, 0) is 43.3 Å². The summed E-state index contributed by atoms with van der Waals surface area (Å²) >= 11 is 6.37. The number of carbonyl (C=O) groups is 2. The van der Waals surface area contributed by atoms with Gasteiger partial charge in [-0.25, -0.2) is 4.79 Å². The molecule has 11 heteroatoms. The smallest absolute Gasteiger partial charge is 0.397 e. The molecular weight excluding hydrogens is 450 g/mol. The van der Waals surface area contributed by atoms with E-state index in [0.29, 0.717) is 28.4 Å². The van der Waals surface area contributed by atoms with Crippen molar-refractivity contribution in [2.45, 2.75) is 6.92 Å². The molecule has 2 aromatic carbocycles. The molecule has 0 saturated carbocycles. The van der Waals surface area contributed by atoms with E-state index in [1.807, 2.05) is 0 Å². The van der Waals surface area contributed by atoms with E-state index in [1.165, 1.54) is 0 Å². The van der Waals surface area contributed by atoms with E-state index in [-0.39, 0.29) is 29.3 Å². The quantitative estimate of drug-likeness (QED) is 0.398. The molecule has 0 unspecified atom stereocenters. The number of esters is 1. The molecule has 2 aromatic heterocycles. The van der Waals surface area contributed by atoms with Crippen LogP contribution in [0.4, 0.5) is 5.82 Å². The first-order valence-electron chi connectivity index (χ1n) is 9.82. The molecule has 0 aliphatic heterocycles. The third kappa shape index (κ3) is 5.18. The third-order valence-electron chi connectivity index (χ3n) is 4.35. The van der Waals surface area contributed by atoms with Gasteiger partial charge in [-0.1, -0.05) is 22.8 Å². The largest absolute Gasteiger partial charge is 0.459 e. The van der Waals surface area contributed by atoms with Gasteiger partial charge in [0.05, 0.1) is 11.6 Å². The standard InChI is InChI=1S/C22H18ClN5O5/c1-3-31-22(30)21-25-19(27-33-21)13-7-8-17(16(23)12-13)32-15-6-4-5-14(11-15)20(29)24-18-9-10-28(2)26-18/h4-12H,3H2,1-2H3,(H,24,26,29). The average molecular weight is 468 g/mol. The van der Waals surface area contributed by atoms with E-state index in [0.717, 1.165) is 0 Å². The van der Waals surface area contributed by atoms with Gasteiger partial charge >= 0.3 is 11.9 Å². The van der Waals surface area contributed by atoms with Gasteiger partial charge in [0.25, 0.3) is 5.91 Å². The van der Waals surface area contributed by atoms with Crippen molar-refractivity contribution in [1.82, 2.24) is 19.9 Å². The Morgan fingerprint density at radius 3 is 2.76 bits per heavy atom. The highest BCUT2D eigenvalue weighted by molar-refractivity contribution is 6.32. The lowest BCUT2D eigenvalue weighted by molar-refractivity contribution is 0.0470. The fraction of sp³-hybridized carbons (Fsp3) is 0.136. The van der Waals surface area contributed by atoms with Crippen molar-refractivity contribution in [1.29, 1.82) is 0 Å². The second kappa shape index (κ2) is 9.53. The number of amides is 1. The van der Waals surface area contributed by atoms with Crippen molar-refractivity contribution in [3.63, 3.8) is 0 Å². The molecule has 4 aromatic rings. The zero-order chi connectivity index (χ0) is 23.4. The Bertz CT molecular complexity index is 1320. The lowest BCUT2D eigenvalue weighted by Crippen LogP contribution is -2.12. The van der Waals surface area contributed by atoms with Gasteiger partial charge < -0.3 is 19.3 Å². The van der Waals surface area contributed by atoms with Crippen molar-refractivity contribution >= 4 is 29.3 Å². The van der Waals surface area contributed by atoms with Crippen molar-refractivity contribution in [2.24, 2.45) is 7.05 Å². The highest BCUT2D eigenvalue weighted by Crippen LogP contribution is 2.33. The maximum Gasteiger partial charge on any atom is 0.397 e. The van der Waals surface area contributed by atoms with E-state index in [1.54, 1.807) is 73.4 Å². The van der Waals surface area contributed by atoms with Crippen LogP contribution in [0.5, 0.6) is 11.5 Å². The lowest BCUT2D eigenvalue weighted by atomic mass is 10.2. The van der Waals surface area contributed by atoms with Crippen LogP contribution in [0.25, 0.3) is 11.4 Å². The fourth-order valence-electron chi connectivity index (χ4n) is 2.84. The molecule has 0 aliphatic rings. The zero-order valence-electron chi connectivity index (χ0n) is 17.6. The summed E-state index contributed by atoms with van der Waals surface area (Å²) < 4.78 is 17.2. The van der Waals surface area contributed by atoms with E-state index >= 15 is 0 Å². The summed E-state index contributed by atoms with van der Waals surface area (Å²) in [6, 6.07) is 13.2. The van der Waals surface area contributed by atoms with Crippen LogP contribution in [0.3, 0.4) is 0 Å². The molecular formula is C22H18ClN5O5. The minimum Gasteiger partial charge on any atom is -0.459 e. The van der Waals surface area contributed by atoms with Crippen LogP contribution in [-0.2, 0) is 11.8 Å². The number of aryl methyl sites for hydroxylation is 1. The van der Waals surface area contributed by atoms with Gasteiger partial charge in [0, 0.05) is 30.4 Å². The van der Waals surface area contributed by atoms with Gasteiger partial charge in [0.1, 0.15) is 11.5 Å². The number of hydrogen-bond acceptors (Lipinski definition) is 8. The van der Waals surface area contributed by atoms with E-state index < -0.39 is 5.97 Å². The molecule has 33 heavy (non-hydrogen) atoms. The Morgan fingerprint density at radius 2 is 2.03 bits per heavy atom. The third-order valence-corrected chi connectivity index (χ3v) is 4.64. The van der Waals surface area contributed by atoms with E-state index in [2.05, 4.69) is 20.6 Å². The van der Waals surface area contributed by atoms with Crippen LogP contribution >= 0.6 is 11.6 Å². The van der Waals surface area contributed by atoms with Crippen molar-refractivity contribution in [3.8, 4) is 22.9 Å². The van der Waals surface area contributed by atoms with Crippen LogP contribution in [0.1, 0.15) is 28.0 Å². The number of ether oxygens (including phenoxy) is 2. The van der Waals surface area contributed by atoms with Gasteiger partial charge in [-0.3, -0.25) is 9.48 Å². The lowest BCUT2D eigenvalue weighted by Gasteiger charge is -2.10. The first-order valence-corrected chi connectivity index (χ1v) is 10.2. The van der Waals surface area contributed by atoms with Crippen molar-refractivity contribution in [3.05, 3.63) is 71.2 Å². The minimum absolute atomic E-state index is 0.180. The molecule has 0 fully saturated rings.